The van der Waals surface area contributed by atoms with Crippen LogP contribution in [0.5, 0.6) is 0 Å². The van der Waals surface area contributed by atoms with Gasteiger partial charge in [0.2, 0.25) is 0 Å². The molecule has 0 amide bonds. The van der Waals surface area contributed by atoms with Crippen molar-refractivity contribution < 1.29 is 38.3 Å². The molecule has 1 aliphatic heterocycles. The highest BCUT2D eigenvalue weighted by Gasteiger charge is 2.58. The van der Waals surface area contributed by atoms with Crippen LogP contribution in [0, 0.1) is 0 Å². The van der Waals surface area contributed by atoms with Crippen molar-refractivity contribution in [3.05, 3.63) is 48.0 Å². The molecule has 30 heavy (non-hydrogen) atoms. The average Bonchev–Trinajstić information content (AvgIpc) is 3.00. The van der Waals surface area contributed by atoms with Crippen molar-refractivity contribution in [3.63, 3.8) is 0 Å². The zero-order valence-electron chi connectivity index (χ0n) is 18.0. The van der Waals surface area contributed by atoms with E-state index in [0.717, 1.165) is 5.56 Å². The van der Waals surface area contributed by atoms with Crippen molar-refractivity contribution in [2.45, 2.75) is 56.3 Å². The van der Waals surface area contributed by atoms with Gasteiger partial charge in [0.15, 0.2) is 5.79 Å². The molecule has 0 saturated carbocycles. The lowest BCUT2D eigenvalue weighted by atomic mass is 9.87. The Hall–Kier alpha value is -1.36. The largest absolute Gasteiger partial charge is 0.382 e. The Morgan fingerprint density at radius 2 is 1.67 bits per heavy atom. The Bertz CT molecular complexity index is 679. The van der Waals surface area contributed by atoms with Gasteiger partial charge in [-0.3, -0.25) is 0 Å². The molecular formula is C22H32O8. The van der Waals surface area contributed by atoms with Gasteiger partial charge < -0.3 is 38.3 Å². The highest BCUT2D eigenvalue weighted by atomic mass is 16.8. The van der Waals surface area contributed by atoms with E-state index in [1.807, 2.05) is 50.3 Å². The summed E-state index contributed by atoms with van der Waals surface area (Å²) in [5.41, 5.74) is -0.580. The van der Waals surface area contributed by atoms with Crippen molar-refractivity contribution in [1.82, 2.24) is 0 Å². The van der Waals surface area contributed by atoms with Crippen LogP contribution >= 0.6 is 0 Å². The minimum atomic E-state index is -1.58. The molecule has 0 bridgehead atoms. The third-order valence-electron chi connectivity index (χ3n) is 5.09. The first kappa shape index (κ1) is 23.3. The minimum absolute atomic E-state index is 0.0331. The van der Waals surface area contributed by atoms with E-state index in [4.69, 9.17) is 33.2 Å². The monoisotopic (exact) mass is 424 g/mol. The lowest BCUT2D eigenvalue weighted by Gasteiger charge is -2.41. The van der Waals surface area contributed by atoms with Crippen LogP contribution in [0.1, 0.15) is 19.4 Å². The minimum Gasteiger partial charge on any atom is -0.382 e. The molecule has 1 saturated heterocycles. The molecule has 3 rings (SSSR count). The first-order valence-electron chi connectivity index (χ1n) is 9.99. The van der Waals surface area contributed by atoms with Crippen molar-refractivity contribution in [1.29, 1.82) is 0 Å². The number of benzene rings is 1. The lowest BCUT2D eigenvalue weighted by molar-refractivity contribution is -0.255. The molecule has 1 heterocycles. The lowest BCUT2D eigenvalue weighted by Crippen LogP contribution is -2.62. The third-order valence-corrected chi connectivity index (χ3v) is 5.09. The predicted molar refractivity (Wildman–Crippen MR) is 108 cm³/mol. The highest BCUT2D eigenvalue weighted by Crippen LogP contribution is 2.40. The Balaban J connectivity index is 1.86. The van der Waals surface area contributed by atoms with Crippen LogP contribution in [0.15, 0.2) is 42.5 Å². The third kappa shape index (κ3) is 5.46. The van der Waals surface area contributed by atoms with Gasteiger partial charge in [-0.25, -0.2) is 0 Å². The second kappa shape index (κ2) is 10.3. The fourth-order valence-corrected chi connectivity index (χ4v) is 3.82. The molecule has 1 aliphatic carbocycles. The van der Waals surface area contributed by atoms with Crippen LogP contribution in [0.3, 0.4) is 0 Å². The first-order chi connectivity index (χ1) is 14.4. The van der Waals surface area contributed by atoms with Gasteiger partial charge >= 0.3 is 0 Å². The molecule has 1 fully saturated rings. The summed E-state index contributed by atoms with van der Waals surface area (Å²) in [7, 11) is 3.05. The van der Waals surface area contributed by atoms with Crippen LogP contribution < -0.4 is 0 Å². The van der Waals surface area contributed by atoms with Crippen LogP contribution in [0.4, 0.5) is 0 Å². The number of rotatable bonds is 10. The van der Waals surface area contributed by atoms with E-state index < -0.39 is 35.8 Å². The maximum Gasteiger partial charge on any atom is 0.164 e. The van der Waals surface area contributed by atoms with Crippen molar-refractivity contribution in [2.75, 3.05) is 34.4 Å². The van der Waals surface area contributed by atoms with Gasteiger partial charge in [0.1, 0.15) is 43.6 Å². The Morgan fingerprint density at radius 3 is 2.37 bits per heavy atom. The summed E-state index contributed by atoms with van der Waals surface area (Å²) in [6, 6.07) is 9.74. The number of methoxy groups -OCH3 is 2. The van der Waals surface area contributed by atoms with Crippen LogP contribution in [-0.4, -0.2) is 75.3 Å². The van der Waals surface area contributed by atoms with E-state index in [9.17, 15) is 5.11 Å². The van der Waals surface area contributed by atoms with Gasteiger partial charge in [-0.1, -0.05) is 42.5 Å². The van der Waals surface area contributed by atoms with Gasteiger partial charge in [0, 0.05) is 14.2 Å². The summed E-state index contributed by atoms with van der Waals surface area (Å²) in [6.07, 6.45) is 0.959. The summed E-state index contributed by atoms with van der Waals surface area (Å²) in [6.45, 7) is 3.90. The fraction of sp³-hybridized carbons (Fsp3) is 0.636. The molecule has 8 heteroatoms. The van der Waals surface area contributed by atoms with E-state index >= 15 is 0 Å². The van der Waals surface area contributed by atoms with Gasteiger partial charge in [0.25, 0.3) is 0 Å². The van der Waals surface area contributed by atoms with Crippen LogP contribution in [-0.2, 0) is 39.8 Å². The van der Waals surface area contributed by atoms with E-state index in [1.165, 1.54) is 14.2 Å². The maximum absolute atomic E-state index is 11.9. The van der Waals surface area contributed by atoms with Gasteiger partial charge in [-0.15, -0.1) is 0 Å². The fourth-order valence-electron chi connectivity index (χ4n) is 3.82. The van der Waals surface area contributed by atoms with Gasteiger partial charge in [-0.2, -0.15) is 0 Å². The molecule has 2 aliphatic rings. The molecule has 1 aromatic carbocycles. The van der Waals surface area contributed by atoms with Crippen LogP contribution in [0.2, 0.25) is 0 Å². The molecule has 1 aromatic rings. The van der Waals surface area contributed by atoms with E-state index in [-0.39, 0.29) is 20.2 Å². The molecule has 0 aromatic heterocycles. The summed E-state index contributed by atoms with van der Waals surface area (Å²) >= 11 is 0. The van der Waals surface area contributed by atoms with Crippen molar-refractivity contribution >= 4 is 0 Å². The van der Waals surface area contributed by atoms with E-state index in [0.29, 0.717) is 6.61 Å². The SMILES string of the molecule is COCO[C@H]1C=C[C@H]2OC(C)(C)O[C@@H]2[C@@](O)(COCc2ccccc2)[C@@H]1OCOC. The Kier molecular flexibility index (Phi) is 8.00. The number of ether oxygens (including phenoxy) is 7. The predicted octanol–water partition coefficient (Wildman–Crippen LogP) is 2.00. The molecule has 8 nitrogen and oxygen atoms in total. The zero-order valence-corrected chi connectivity index (χ0v) is 18.0. The summed E-state index contributed by atoms with van der Waals surface area (Å²) in [5.74, 6) is -0.862. The van der Waals surface area contributed by atoms with Gasteiger partial charge in [-0.05, 0) is 19.4 Å². The highest BCUT2D eigenvalue weighted by molar-refractivity contribution is 5.18. The molecule has 0 radical (unpaired) electrons. The smallest absolute Gasteiger partial charge is 0.164 e. The van der Waals surface area contributed by atoms with E-state index in [1.54, 1.807) is 6.08 Å². The second-order valence-electron chi connectivity index (χ2n) is 7.91. The normalized spacial score (nSPS) is 32.7. The summed E-state index contributed by atoms with van der Waals surface area (Å²) in [4.78, 5) is 0. The zero-order chi connectivity index (χ0) is 21.6. The van der Waals surface area contributed by atoms with E-state index in [2.05, 4.69) is 0 Å². The van der Waals surface area contributed by atoms with Crippen LogP contribution in [0.25, 0.3) is 0 Å². The quantitative estimate of drug-likeness (QED) is 0.451. The number of aliphatic hydroxyl groups is 1. The molecule has 168 valence electrons. The molecule has 1 N–H and O–H groups in total. The Morgan fingerprint density at radius 1 is 0.967 bits per heavy atom. The Labute approximate surface area is 177 Å². The molecule has 0 spiro atoms. The first-order valence-corrected chi connectivity index (χ1v) is 9.99. The molecular weight excluding hydrogens is 392 g/mol. The summed E-state index contributed by atoms with van der Waals surface area (Å²) < 4.78 is 39.9. The molecule has 5 atom stereocenters. The summed E-state index contributed by atoms with van der Waals surface area (Å²) in [5, 5.41) is 11.9. The number of hydrogen-bond acceptors (Lipinski definition) is 8. The topological polar surface area (TPSA) is 84.8 Å². The second-order valence-corrected chi connectivity index (χ2v) is 7.91. The number of fused-ring (bicyclic) bond motifs is 1. The standard InChI is InChI=1S/C22H32O8/c1-21(2)29-18-11-10-17(27-14-24-3)19(28-15-25-4)22(23,20(18)30-21)13-26-12-16-8-6-5-7-9-16/h5-11,17-20,23H,12-15H2,1-4H3/t17-,18+,19+,20-,22+/m0/s1. The van der Waals surface area contributed by atoms with Crippen molar-refractivity contribution in [2.24, 2.45) is 0 Å². The van der Waals surface area contributed by atoms with Crippen molar-refractivity contribution in [3.8, 4) is 0 Å². The average molecular weight is 424 g/mol. The maximum atomic E-state index is 11.9. The van der Waals surface area contributed by atoms with Gasteiger partial charge in [0.05, 0.1) is 13.2 Å². The molecule has 0 unspecified atom stereocenters. The number of hydrogen-bond donors (Lipinski definition) is 1.